The lowest BCUT2D eigenvalue weighted by Crippen LogP contribution is -2.44. The Morgan fingerprint density at radius 2 is 2.09 bits per heavy atom. The van der Waals surface area contributed by atoms with Gasteiger partial charge in [0, 0.05) is 12.1 Å². The first-order valence-electron chi connectivity index (χ1n) is 4.33. The van der Waals surface area contributed by atoms with E-state index in [2.05, 4.69) is 11.9 Å². The first-order chi connectivity index (χ1) is 5.27. The van der Waals surface area contributed by atoms with Gasteiger partial charge in [-0.3, -0.25) is 4.90 Å². The number of aliphatic hydroxyl groups is 1. The monoisotopic (exact) mass is 155 g/mol. The predicted octanol–water partition coefficient (Wildman–Crippen LogP) is -0.409. The second-order valence-corrected chi connectivity index (χ2v) is 3.98. The van der Waals surface area contributed by atoms with E-state index in [0.29, 0.717) is 18.2 Å². The summed E-state index contributed by atoms with van der Waals surface area (Å²) in [5.41, 5.74) is 0. The molecule has 0 saturated carbocycles. The van der Waals surface area contributed by atoms with Crippen molar-refractivity contribution >= 4 is 0 Å². The van der Waals surface area contributed by atoms with Gasteiger partial charge in [-0.2, -0.15) is 0 Å². The molecule has 0 aliphatic carbocycles. The summed E-state index contributed by atoms with van der Waals surface area (Å²) in [6.07, 6.45) is 2.53. The molecular formula is C8H13NO2. The summed E-state index contributed by atoms with van der Waals surface area (Å²) in [4.78, 5) is 2.29. The van der Waals surface area contributed by atoms with E-state index in [-0.39, 0.29) is 12.2 Å². The zero-order chi connectivity index (χ0) is 7.59. The number of likely N-dealkylation sites (N-methyl/N-ethyl adjacent to an activating group) is 1. The van der Waals surface area contributed by atoms with Gasteiger partial charge in [-0.15, -0.1) is 0 Å². The molecule has 11 heavy (non-hydrogen) atoms. The third-order valence-electron chi connectivity index (χ3n) is 3.51. The van der Waals surface area contributed by atoms with Gasteiger partial charge in [-0.25, -0.2) is 0 Å². The second-order valence-electron chi connectivity index (χ2n) is 3.98. The summed E-state index contributed by atoms with van der Waals surface area (Å²) in [5, 5.41) is 9.71. The summed E-state index contributed by atoms with van der Waals surface area (Å²) < 4.78 is 5.64. The summed E-state index contributed by atoms with van der Waals surface area (Å²) >= 11 is 0. The fraction of sp³-hybridized carbons (Fsp3) is 1.00. The molecule has 4 aliphatic heterocycles. The molecule has 0 aromatic carbocycles. The first-order valence-corrected chi connectivity index (χ1v) is 4.33. The van der Waals surface area contributed by atoms with Crippen LogP contribution in [-0.2, 0) is 4.74 Å². The van der Waals surface area contributed by atoms with E-state index < -0.39 is 0 Å². The highest BCUT2D eigenvalue weighted by molar-refractivity contribution is 5.10. The SMILES string of the molecule is CN1[C@@H]2C[C@@H]3C[C@H]1[C@H](O)[C@H]2O3. The molecule has 0 unspecified atom stereocenters. The van der Waals surface area contributed by atoms with Crippen LogP contribution in [-0.4, -0.2) is 47.4 Å². The van der Waals surface area contributed by atoms with Gasteiger partial charge in [-0.05, 0) is 19.9 Å². The van der Waals surface area contributed by atoms with Gasteiger partial charge < -0.3 is 9.84 Å². The van der Waals surface area contributed by atoms with Gasteiger partial charge >= 0.3 is 0 Å². The maximum absolute atomic E-state index is 9.71. The van der Waals surface area contributed by atoms with Crippen LogP contribution in [0.3, 0.4) is 0 Å². The third kappa shape index (κ3) is 0.604. The molecule has 0 aromatic heterocycles. The van der Waals surface area contributed by atoms with Crippen molar-refractivity contribution in [1.29, 1.82) is 0 Å². The molecule has 4 rings (SSSR count). The Hall–Kier alpha value is -0.120. The van der Waals surface area contributed by atoms with Crippen LogP contribution in [0.15, 0.2) is 0 Å². The van der Waals surface area contributed by atoms with Crippen LogP contribution < -0.4 is 0 Å². The Morgan fingerprint density at radius 1 is 1.36 bits per heavy atom. The highest BCUT2D eigenvalue weighted by Crippen LogP contribution is 2.44. The lowest BCUT2D eigenvalue weighted by atomic mass is 10.0. The summed E-state index contributed by atoms with van der Waals surface area (Å²) in [6.45, 7) is 0. The molecule has 3 nitrogen and oxygen atoms in total. The van der Waals surface area contributed by atoms with E-state index in [1.807, 2.05) is 0 Å². The van der Waals surface area contributed by atoms with Crippen molar-refractivity contribution in [1.82, 2.24) is 4.90 Å². The highest BCUT2D eigenvalue weighted by Gasteiger charge is 2.57. The standard InChI is InChI=1S/C8H13NO2/c1-9-5-2-4-3-6(9)8(11-4)7(5)10/h4-8,10H,2-3H2,1H3/t4-,5-,6+,7-,8-/m0/s1. The number of nitrogens with zero attached hydrogens (tertiary/aromatic N) is 1. The highest BCUT2D eigenvalue weighted by atomic mass is 16.5. The summed E-state index contributed by atoms with van der Waals surface area (Å²) in [6, 6.07) is 0.895. The molecule has 3 heteroatoms. The quantitative estimate of drug-likeness (QED) is 0.516. The molecule has 4 saturated heterocycles. The maximum Gasteiger partial charge on any atom is 0.101 e. The van der Waals surface area contributed by atoms with Crippen molar-refractivity contribution in [3.8, 4) is 0 Å². The molecule has 0 radical (unpaired) electrons. The van der Waals surface area contributed by atoms with Crippen molar-refractivity contribution < 1.29 is 9.84 Å². The first kappa shape index (κ1) is 6.40. The van der Waals surface area contributed by atoms with E-state index >= 15 is 0 Å². The van der Waals surface area contributed by atoms with Gasteiger partial charge in [0.15, 0.2) is 0 Å². The molecule has 5 atom stereocenters. The fourth-order valence-electron chi connectivity index (χ4n) is 2.91. The molecule has 4 heterocycles. The van der Waals surface area contributed by atoms with Crippen molar-refractivity contribution in [2.45, 2.75) is 43.2 Å². The van der Waals surface area contributed by atoms with Crippen LogP contribution in [0.4, 0.5) is 0 Å². The Bertz CT molecular complexity index is 175. The average molecular weight is 155 g/mol. The molecule has 4 fully saturated rings. The number of aliphatic hydroxyl groups excluding tert-OH is 1. The number of ether oxygens (including phenoxy) is 1. The lowest BCUT2D eigenvalue weighted by molar-refractivity contribution is -0.0758. The zero-order valence-corrected chi connectivity index (χ0v) is 6.60. The van der Waals surface area contributed by atoms with E-state index in [4.69, 9.17) is 4.74 Å². The van der Waals surface area contributed by atoms with Crippen molar-refractivity contribution in [2.24, 2.45) is 0 Å². The molecule has 4 bridgehead atoms. The normalized spacial score (nSPS) is 61.1. The number of hydrogen-bond acceptors (Lipinski definition) is 3. The van der Waals surface area contributed by atoms with Crippen LogP contribution >= 0.6 is 0 Å². The van der Waals surface area contributed by atoms with Crippen LogP contribution in [0.2, 0.25) is 0 Å². The van der Waals surface area contributed by atoms with Gasteiger partial charge in [-0.1, -0.05) is 0 Å². The number of hydrogen-bond donors (Lipinski definition) is 1. The van der Waals surface area contributed by atoms with Gasteiger partial charge in [0.1, 0.15) is 6.10 Å². The largest absolute Gasteiger partial charge is 0.389 e. The molecule has 1 N–H and O–H groups in total. The number of piperidine rings is 1. The molecule has 0 spiro atoms. The van der Waals surface area contributed by atoms with Gasteiger partial charge in [0.2, 0.25) is 0 Å². The Morgan fingerprint density at radius 3 is 2.73 bits per heavy atom. The van der Waals surface area contributed by atoms with Crippen molar-refractivity contribution in [2.75, 3.05) is 7.05 Å². The maximum atomic E-state index is 9.71. The minimum atomic E-state index is -0.219. The molecule has 62 valence electrons. The van der Waals surface area contributed by atoms with Crippen LogP contribution in [0.5, 0.6) is 0 Å². The smallest absolute Gasteiger partial charge is 0.101 e. The van der Waals surface area contributed by atoms with E-state index in [1.165, 1.54) is 0 Å². The molecule has 0 aromatic rings. The topological polar surface area (TPSA) is 32.7 Å². The van der Waals surface area contributed by atoms with Crippen molar-refractivity contribution in [3.63, 3.8) is 0 Å². The Kier molecular flexibility index (Phi) is 1.04. The average Bonchev–Trinajstić information content (AvgIpc) is 2.39. The summed E-state index contributed by atoms with van der Waals surface area (Å²) in [5.74, 6) is 0. The van der Waals surface area contributed by atoms with Crippen LogP contribution in [0.25, 0.3) is 0 Å². The Balaban J connectivity index is 2.00. The van der Waals surface area contributed by atoms with Crippen LogP contribution in [0, 0.1) is 0 Å². The molecule has 4 aliphatic rings. The molecule has 0 amide bonds. The summed E-state index contributed by atoms with van der Waals surface area (Å²) in [7, 11) is 2.10. The molecular weight excluding hydrogens is 142 g/mol. The Labute approximate surface area is 65.9 Å². The predicted molar refractivity (Wildman–Crippen MR) is 39.2 cm³/mol. The minimum absolute atomic E-state index is 0.128. The van der Waals surface area contributed by atoms with E-state index in [9.17, 15) is 5.11 Å². The van der Waals surface area contributed by atoms with Gasteiger partial charge in [0.05, 0.1) is 12.2 Å². The number of rotatable bonds is 0. The minimum Gasteiger partial charge on any atom is -0.389 e. The zero-order valence-electron chi connectivity index (χ0n) is 6.60. The lowest BCUT2D eigenvalue weighted by Gasteiger charge is -2.33. The van der Waals surface area contributed by atoms with Crippen LogP contribution in [0.1, 0.15) is 12.8 Å². The van der Waals surface area contributed by atoms with Crippen molar-refractivity contribution in [3.05, 3.63) is 0 Å². The van der Waals surface area contributed by atoms with E-state index in [1.54, 1.807) is 0 Å². The second kappa shape index (κ2) is 1.79. The van der Waals surface area contributed by atoms with Gasteiger partial charge in [0.25, 0.3) is 0 Å². The van der Waals surface area contributed by atoms with E-state index in [0.717, 1.165) is 12.8 Å². The third-order valence-corrected chi connectivity index (χ3v) is 3.51. The fourth-order valence-corrected chi connectivity index (χ4v) is 2.91.